The van der Waals surface area contributed by atoms with Crippen LogP contribution in [-0.2, 0) is 0 Å². The van der Waals surface area contributed by atoms with Crippen LogP contribution in [0.15, 0.2) is 35.9 Å². The maximum Gasteiger partial charge on any atom is 0.346 e. The maximum atomic E-state index is 10.2. The monoisotopic (exact) mass is 231 g/mol. The number of hydrogen-bond donors (Lipinski definition) is 3. The minimum absolute atomic E-state index is 0.244. The standard InChI is InChI=1S/C5H4N4.C4H5N3O/c1-4-5(8-2-6-1)9-3-7-4;5-3-1-2-6-4(8)7-3/h1-3H,(H,6,7,8,9);1-2H,(H3,5,6,7,8). The number of nitrogens with zero attached hydrogens (tertiary/aromatic N) is 4. The number of hydrogen-bond acceptors (Lipinski definition) is 6. The van der Waals surface area contributed by atoms with Crippen LogP contribution in [0.1, 0.15) is 0 Å². The fourth-order valence-electron chi connectivity index (χ4n) is 1.08. The van der Waals surface area contributed by atoms with Gasteiger partial charge < -0.3 is 15.7 Å². The molecule has 0 saturated heterocycles. The summed E-state index contributed by atoms with van der Waals surface area (Å²) in [6.07, 6.45) is 6.20. The van der Waals surface area contributed by atoms with Crippen LogP contribution in [0.25, 0.3) is 11.2 Å². The van der Waals surface area contributed by atoms with E-state index in [1.165, 1.54) is 18.6 Å². The van der Waals surface area contributed by atoms with Crippen molar-refractivity contribution in [1.82, 2.24) is 29.9 Å². The molecule has 0 fully saturated rings. The van der Waals surface area contributed by atoms with E-state index in [1.54, 1.807) is 12.5 Å². The zero-order chi connectivity index (χ0) is 12.1. The van der Waals surface area contributed by atoms with E-state index in [4.69, 9.17) is 5.73 Å². The number of nitrogen functional groups attached to an aromatic ring is 1. The Morgan fingerprint density at radius 1 is 1.24 bits per heavy atom. The second-order valence-electron chi connectivity index (χ2n) is 2.98. The SMILES string of the molecule is Nc1cc[nH]c(=O)n1.c1ncc2nc[nH]c2n1. The number of nitrogens with one attached hydrogen (secondary N) is 2. The lowest BCUT2D eigenvalue weighted by Gasteiger charge is -1.83. The number of H-pyrrole nitrogens is 2. The molecule has 0 amide bonds. The number of rotatable bonds is 0. The molecule has 0 unspecified atom stereocenters. The molecule has 0 aliphatic heterocycles. The first-order valence-corrected chi connectivity index (χ1v) is 4.66. The van der Waals surface area contributed by atoms with Crippen LogP contribution in [0.5, 0.6) is 0 Å². The molecule has 0 spiro atoms. The van der Waals surface area contributed by atoms with Crippen LogP contribution < -0.4 is 11.4 Å². The van der Waals surface area contributed by atoms with Crippen molar-refractivity contribution >= 4 is 17.0 Å². The normalized spacial score (nSPS) is 9.65. The summed E-state index contributed by atoms with van der Waals surface area (Å²) in [6.45, 7) is 0. The van der Waals surface area contributed by atoms with Gasteiger partial charge in [-0.3, -0.25) is 0 Å². The summed E-state index contributed by atoms with van der Waals surface area (Å²) in [5, 5.41) is 0. The summed E-state index contributed by atoms with van der Waals surface area (Å²) in [7, 11) is 0. The fourth-order valence-corrected chi connectivity index (χ4v) is 1.08. The third kappa shape index (κ3) is 2.84. The molecule has 8 heteroatoms. The first-order valence-electron chi connectivity index (χ1n) is 4.66. The fraction of sp³-hybridized carbons (Fsp3) is 0. The van der Waals surface area contributed by atoms with Crippen LogP contribution in [-0.4, -0.2) is 29.9 Å². The molecule has 0 saturated carbocycles. The highest BCUT2D eigenvalue weighted by molar-refractivity contribution is 5.67. The van der Waals surface area contributed by atoms with E-state index >= 15 is 0 Å². The lowest BCUT2D eigenvalue weighted by Crippen LogP contribution is -2.10. The Balaban J connectivity index is 0.000000128. The summed E-state index contributed by atoms with van der Waals surface area (Å²) in [5.41, 5.74) is 6.30. The first-order chi connectivity index (χ1) is 8.25. The quantitative estimate of drug-likeness (QED) is 0.487. The minimum atomic E-state index is -0.412. The Labute approximate surface area is 95.0 Å². The van der Waals surface area contributed by atoms with E-state index in [1.807, 2.05) is 0 Å². The summed E-state index contributed by atoms with van der Waals surface area (Å²) >= 11 is 0. The van der Waals surface area contributed by atoms with E-state index in [2.05, 4.69) is 29.9 Å². The molecule has 0 aliphatic rings. The maximum absolute atomic E-state index is 10.2. The summed E-state index contributed by atoms with van der Waals surface area (Å²) in [6, 6.07) is 1.52. The van der Waals surface area contributed by atoms with Gasteiger partial charge in [-0.2, -0.15) is 4.98 Å². The molecule has 3 rings (SSSR count). The second-order valence-corrected chi connectivity index (χ2v) is 2.98. The van der Waals surface area contributed by atoms with Gasteiger partial charge in [0.1, 0.15) is 17.7 Å². The van der Waals surface area contributed by atoms with Crippen LogP contribution >= 0.6 is 0 Å². The van der Waals surface area contributed by atoms with Gasteiger partial charge >= 0.3 is 5.69 Å². The highest BCUT2D eigenvalue weighted by atomic mass is 16.1. The molecule has 3 heterocycles. The molecule has 0 bridgehead atoms. The summed E-state index contributed by atoms with van der Waals surface area (Å²) < 4.78 is 0. The minimum Gasteiger partial charge on any atom is -0.383 e. The first kappa shape index (κ1) is 10.7. The van der Waals surface area contributed by atoms with Gasteiger partial charge in [-0.05, 0) is 6.07 Å². The highest BCUT2D eigenvalue weighted by Crippen LogP contribution is 1.99. The molecule has 0 atom stereocenters. The Hall–Kier alpha value is -2.77. The van der Waals surface area contributed by atoms with Crippen molar-refractivity contribution in [3.63, 3.8) is 0 Å². The summed E-state index contributed by atoms with van der Waals surface area (Å²) in [4.78, 5) is 30.4. The van der Waals surface area contributed by atoms with E-state index in [0.29, 0.717) is 0 Å². The average Bonchev–Trinajstić information content (AvgIpc) is 2.77. The number of aromatic nitrogens is 6. The Morgan fingerprint density at radius 2 is 2.12 bits per heavy atom. The number of fused-ring (bicyclic) bond motifs is 1. The van der Waals surface area contributed by atoms with Gasteiger partial charge in [-0.25, -0.2) is 19.7 Å². The van der Waals surface area contributed by atoms with Crippen LogP contribution in [0.4, 0.5) is 5.82 Å². The van der Waals surface area contributed by atoms with Crippen LogP contribution in [0.2, 0.25) is 0 Å². The van der Waals surface area contributed by atoms with E-state index in [-0.39, 0.29) is 5.82 Å². The van der Waals surface area contributed by atoms with Crippen LogP contribution in [0, 0.1) is 0 Å². The van der Waals surface area contributed by atoms with E-state index < -0.39 is 5.69 Å². The molecule has 0 radical (unpaired) electrons. The molecule has 86 valence electrons. The number of nitrogens with two attached hydrogens (primary N) is 1. The lowest BCUT2D eigenvalue weighted by molar-refractivity contribution is 1.08. The molecule has 3 aromatic rings. The lowest BCUT2D eigenvalue weighted by atomic mass is 10.6. The predicted molar refractivity (Wildman–Crippen MR) is 61.0 cm³/mol. The van der Waals surface area contributed by atoms with Crippen molar-refractivity contribution in [3.8, 4) is 0 Å². The van der Waals surface area contributed by atoms with Gasteiger partial charge in [-0.1, -0.05) is 0 Å². The molecule has 0 aromatic carbocycles. The third-order valence-electron chi connectivity index (χ3n) is 1.79. The smallest absolute Gasteiger partial charge is 0.346 e. The molecule has 8 nitrogen and oxygen atoms in total. The molecular weight excluding hydrogens is 222 g/mol. The van der Waals surface area contributed by atoms with Crippen molar-refractivity contribution in [3.05, 3.63) is 41.6 Å². The second kappa shape index (κ2) is 4.84. The Bertz CT molecular complexity index is 629. The molecular formula is C9H9N7O. The van der Waals surface area contributed by atoms with E-state index in [9.17, 15) is 4.79 Å². The van der Waals surface area contributed by atoms with Crippen molar-refractivity contribution in [1.29, 1.82) is 0 Å². The Kier molecular flexibility index (Phi) is 3.05. The largest absolute Gasteiger partial charge is 0.383 e. The number of anilines is 1. The third-order valence-corrected chi connectivity index (χ3v) is 1.79. The topological polar surface area (TPSA) is 126 Å². The van der Waals surface area contributed by atoms with Crippen molar-refractivity contribution < 1.29 is 0 Å². The number of aromatic amines is 2. The average molecular weight is 231 g/mol. The molecule has 4 N–H and O–H groups in total. The van der Waals surface area contributed by atoms with Gasteiger partial charge in [0.2, 0.25) is 0 Å². The van der Waals surface area contributed by atoms with Gasteiger partial charge in [-0.15, -0.1) is 0 Å². The zero-order valence-corrected chi connectivity index (χ0v) is 8.66. The van der Waals surface area contributed by atoms with E-state index in [0.717, 1.165) is 11.2 Å². The van der Waals surface area contributed by atoms with Crippen molar-refractivity contribution in [2.45, 2.75) is 0 Å². The van der Waals surface area contributed by atoms with Crippen molar-refractivity contribution in [2.75, 3.05) is 5.73 Å². The highest BCUT2D eigenvalue weighted by Gasteiger charge is 1.91. The van der Waals surface area contributed by atoms with Gasteiger partial charge in [0, 0.05) is 6.20 Å². The zero-order valence-electron chi connectivity index (χ0n) is 8.66. The van der Waals surface area contributed by atoms with Gasteiger partial charge in [0.05, 0.1) is 12.5 Å². The Morgan fingerprint density at radius 3 is 2.76 bits per heavy atom. The molecule has 3 aromatic heterocycles. The molecule has 0 aliphatic carbocycles. The summed E-state index contributed by atoms with van der Waals surface area (Å²) in [5.74, 6) is 0.244. The number of imidazole rings is 1. The predicted octanol–water partition coefficient (Wildman–Crippen LogP) is -0.295. The van der Waals surface area contributed by atoms with Crippen LogP contribution in [0.3, 0.4) is 0 Å². The molecule has 17 heavy (non-hydrogen) atoms. The van der Waals surface area contributed by atoms with Gasteiger partial charge in [0.25, 0.3) is 0 Å². The van der Waals surface area contributed by atoms with Crippen molar-refractivity contribution in [2.24, 2.45) is 0 Å². The van der Waals surface area contributed by atoms with Gasteiger partial charge in [0.15, 0.2) is 5.65 Å².